The van der Waals surface area contributed by atoms with Gasteiger partial charge in [0.15, 0.2) is 5.75 Å². The Morgan fingerprint density at radius 2 is 2.24 bits per heavy atom. The van der Waals surface area contributed by atoms with E-state index in [-0.39, 0.29) is 11.9 Å². The van der Waals surface area contributed by atoms with Gasteiger partial charge in [0.05, 0.1) is 6.04 Å². The molecule has 0 N–H and O–H groups in total. The lowest BCUT2D eigenvalue weighted by molar-refractivity contribution is -0.275. The van der Waals surface area contributed by atoms with Crippen molar-refractivity contribution in [1.82, 2.24) is 9.88 Å². The highest BCUT2D eigenvalue weighted by Crippen LogP contribution is 2.34. The second kappa shape index (κ2) is 5.46. The van der Waals surface area contributed by atoms with Crippen molar-refractivity contribution in [1.29, 1.82) is 0 Å². The normalized spacial score (nSPS) is 21.2. The summed E-state index contributed by atoms with van der Waals surface area (Å²) in [6.07, 6.45) is 1.82. The van der Waals surface area contributed by atoms with E-state index in [0.717, 1.165) is 25.8 Å². The number of rotatable bonds is 4. The zero-order valence-electron chi connectivity index (χ0n) is 11.3. The number of ether oxygens (including phenoxy) is 2. The number of alkyl halides is 3. The number of hydrogen-bond acceptors (Lipinski definition) is 4. The van der Waals surface area contributed by atoms with E-state index < -0.39 is 12.1 Å². The van der Waals surface area contributed by atoms with Crippen molar-refractivity contribution in [2.75, 3.05) is 13.2 Å². The van der Waals surface area contributed by atoms with E-state index in [0.29, 0.717) is 6.61 Å². The van der Waals surface area contributed by atoms with Crippen molar-refractivity contribution < 1.29 is 22.6 Å². The minimum atomic E-state index is -4.75. The Balaban J connectivity index is 1.64. The molecule has 21 heavy (non-hydrogen) atoms. The summed E-state index contributed by atoms with van der Waals surface area (Å²) < 4.78 is 46.3. The Kier molecular flexibility index (Phi) is 3.65. The van der Waals surface area contributed by atoms with Gasteiger partial charge in [-0.2, -0.15) is 0 Å². The van der Waals surface area contributed by atoms with E-state index in [1.165, 1.54) is 24.0 Å². The van der Waals surface area contributed by atoms with E-state index in [1.807, 2.05) is 0 Å². The first-order valence-corrected chi connectivity index (χ1v) is 6.82. The van der Waals surface area contributed by atoms with Crippen molar-refractivity contribution in [3.05, 3.63) is 30.1 Å². The fraction of sp³-hybridized carbons (Fsp3) is 0.500. The molecule has 0 aliphatic carbocycles. The van der Waals surface area contributed by atoms with Gasteiger partial charge >= 0.3 is 6.36 Å². The molecule has 0 amide bonds. The third kappa shape index (κ3) is 3.22. The minimum Gasteiger partial charge on any atom is -0.473 e. The predicted octanol–water partition coefficient (Wildman–Crippen LogP) is 3.11. The Labute approximate surface area is 120 Å². The Hall–Kier alpha value is -1.92. The van der Waals surface area contributed by atoms with Crippen molar-refractivity contribution in [3.8, 4) is 11.6 Å². The molecule has 1 aromatic rings. The van der Waals surface area contributed by atoms with Gasteiger partial charge in [0.1, 0.15) is 6.61 Å². The molecule has 1 atom stereocenters. The van der Waals surface area contributed by atoms with Gasteiger partial charge in [0.2, 0.25) is 0 Å². The third-order valence-corrected chi connectivity index (χ3v) is 3.67. The number of hydrogen-bond donors (Lipinski definition) is 0. The van der Waals surface area contributed by atoms with E-state index in [2.05, 4.69) is 20.7 Å². The van der Waals surface area contributed by atoms with Crippen LogP contribution >= 0.6 is 0 Å². The Morgan fingerprint density at radius 3 is 3.05 bits per heavy atom. The third-order valence-electron chi connectivity index (χ3n) is 3.67. The summed E-state index contributed by atoms with van der Waals surface area (Å²) in [6.45, 7) is 1.26. The van der Waals surface area contributed by atoms with Crippen LogP contribution in [-0.4, -0.2) is 35.4 Å². The summed E-state index contributed by atoms with van der Waals surface area (Å²) in [5.74, 6) is -0.522. The lowest BCUT2D eigenvalue weighted by Gasteiger charge is -2.24. The van der Waals surface area contributed by atoms with Crippen molar-refractivity contribution in [2.45, 2.75) is 31.7 Å². The van der Waals surface area contributed by atoms with Gasteiger partial charge in [-0.25, -0.2) is 4.98 Å². The molecule has 0 saturated carbocycles. The molecule has 1 aromatic heterocycles. The van der Waals surface area contributed by atoms with Crippen LogP contribution in [0.3, 0.4) is 0 Å². The van der Waals surface area contributed by atoms with Crippen LogP contribution < -0.4 is 9.47 Å². The molecule has 0 spiro atoms. The van der Waals surface area contributed by atoms with Gasteiger partial charge in [-0.3, -0.25) is 0 Å². The topological polar surface area (TPSA) is 34.6 Å². The number of fused-ring (bicyclic) bond motifs is 1. The summed E-state index contributed by atoms with van der Waals surface area (Å²) >= 11 is 0. The van der Waals surface area contributed by atoms with Crippen LogP contribution in [0.25, 0.3) is 0 Å². The maximum atomic E-state index is 12.3. The molecule has 1 fully saturated rings. The molecular formula is C14H15F3N2O2. The molecule has 7 heteroatoms. The zero-order chi connectivity index (χ0) is 14.9. The minimum absolute atomic E-state index is 0.119. The lowest BCUT2D eigenvalue weighted by Crippen LogP contribution is -2.32. The highest BCUT2D eigenvalue weighted by atomic mass is 19.4. The van der Waals surface area contributed by atoms with E-state index in [1.54, 1.807) is 0 Å². The van der Waals surface area contributed by atoms with Gasteiger partial charge in [-0.1, -0.05) is 6.08 Å². The summed E-state index contributed by atoms with van der Waals surface area (Å²) in [5.41, 5.74) is 1.32. The summed E-state index contributed by atoms with van der Waals surface area (Å²) in [5, 5.41) is 0. The van der Waals surface area contributed by atoms with Crippen LogP contribution in [0, 0.1) is 0 Å². The second-order valence-corrected chi connectivity index (χ2v) is 5.04. The summed E-state index contributed by atoms with van der Waals surface area (Å²) in [4.78, 5) is 6.09. The Bertz CT molecular complexity index is 545. The summed E-state index contributed by atoms with van der Waals surface area (Å²) in [6, 6.07) is 2.77. The molecule has 0 unspecified atom stereocenters. The second-order valence-electron chi connectivity index (χ2n) is 5.04. The number of halogens is 3. The van der Waals surface area contributed by atoms with Crippen molar-refractivity contribution in [3.63, 3.8) is 0 Å². The molecule has 114 valence electrons. The van der Waals surface area contributed by atoms with E-state index >= 15 is 0 Å². The van der Waals surface area contributed by atoms with Crippen molar-refractivity contribution >= 4 is 0 Å². The standard InChI is InChI=1S/C14H15F3N2O2/c15-14(16,17)21-12-4-1-7-18-13(12)20-9-11-6-5-10-3-2-8-19(10)11/h1,3-4,7,11H,2,5-6,8-9H2/t11-/m0/s1. The molecule has 3 rings (SSSR count). The quantitative estimate of drug-likeness (QED) is 0.856. The Morgan fingerprint density at radius 1 is 1.38 bits per heavy atom. The van der Waals surface area contributed by atoms with Gasteiger partial charge in [-0.15, -0.1) is 13.2 Å². The fourth-order valence-corrected chi connectivity index (χ4v) is 2.80. The molecule has 1 saturated heterocycles. The first-order chi connectivity index (χ1) is 10.0. The first-order valence-electron chi connectivity index (χ1n) is 6.82. The van der Waals surface area contributed by atoms with Crippen LogP contribution in [0.1, 0.15) is 19.3 Å². The van der Waals surface area contributed by atoms with E-state index in [9.17, 15) is 13.2 Å². The van der Waals surface area contributed by atoms with Gasteiger partial charge in [0.25, 0.3) is 5.88 Å². The lowest BCUT2D eigenvalue weighted by atomic mass is 10.2. The van der Waals surface area contributed by atoms with Gasteiger partial charge in [0, 0.05) is 18.4 Å². The average Bonchev–Trinajstić information content (AvgIpc) is 2.99. The average molecular weight is 300 g/mol. The monoisotopic (exact) mass is 300 g/mol. The highest BCUT2D eigenvalue weighted by molar-refractivity contribution is 5.32. The van der Waals surface area contributed by atoms with Crippen LogP contribution in [-0.2, 0) is 0 Å². The van der Waals surface area contributed by atoms with Crippen LogP contribution in [0.2, 0.25) is 0 Å². The number of aromatic nitrogens is 1. The number of nitrogens with zero attached hydrogens (tertiary/aromatic N) is 2. The van der Waals surface area contributed by atoms with Crippen LogP contribution in [0.5, 0.6) is 11.6 Å². The van der Waals surface area contributed by atoms with Crippen molar-refractivity contribution in [2.24, 2.45) is 0 Å². The maximum absolute atomic E-state index is 12.3. The largest absolute Gasteiger partial charge is 0.573 e. The molecule has 3 heterocycles. The highest BCUT2D eigenvalue weighted by Gasteiger charge is 2.34. The molecular weight excluding hydrogens is 285 g/mol. The van der Waals surface area contributed by atoms with Crippen LogP contribution in [0.15, 0.2) is 30.1 Å². The number of pyridine rings is 1. The predicted molar refractivity (Wildman–Crippen MR) is 68.8 cm³/mol. The zero-order valence-corrected chi connectivity index (χ0v) is 11.3. The molecule has 0 aromatic carbocycles. The first kappa shape index (κ1) is 14.0. The molecule has 0 radical (unpaired) electrons. The summed E-state index contributed by atoms with van der Waals surface area (Å²) in [7, 11) is 0. The van der Waals surface area contributed by atoms with Gasteiger partial charge < -0.3 is 14.4 Å². The smallest absolute Gasteiger partial charge is 0.473 e. The fourth-order valence-electron chi connectivity index (χ4n) is 2.80. The molecule has 2 aliphatic heterocycles. The molecule has 0 bridgehead atoms. The maximum Gasteiger partial charge on any atom is 0.573 e. The molecule has 4 nitrogen and oxygen atoms in total. The van der Waals surface area contributed by atoms with E-state index in [4.69, 9.17) is 4.74 Å². The SMILES string of the molecule is FC(F)(F)Oc1cccnc1OC[C@@H]1CCC2=CCCN21. The van der Waals surface area contributed by atoms with Gasteiger partial charge in [-0.05, 0) is 31.4 Å². The molecule has 2 aliphatic rings. The van der Waals surface area contributed by atoms with Crippen LogP contribution in [0.4, 0.5) is 13.2 Å². The number of allylic oxidation sites excluding steroid dienone is 1.